The van der Waals surface area contributed by atoms with Crippen LogP contribution in [0.1, 0.15) is 45.4 Å². The summed E-state index contributed by atoms with van der Waals surface area (Å²) in [6, 6.07) is 13.8. The number of allylic oxidation sites excluding steroid dienone is 2. The number of aromatic carboxylic acids is 1. The minimum Gasteiger partial charge on any atom is -0.478 e. The number of carboxylic acid groups (broad SMARTS) is 1. The van der Waals surface area contributed by atoms with Gasteiger partial charge in [0, 0.05) is 11.6 Å². The third-order valence-corrected chi connectivity index (χ3v) is 5.04. The van der Waals surface area contributed by atoms with Crippen LogP contribution >= 0.6 is 0 Å². The van der Waals surface area contributed by atoms with Crippen LogP contribution in [-0.2, 0) is 0 Å². The van der Waals surface area contributed by atoms with E-state index in [9.17, 15) is 9.90 Å². The molecule has 2 N–H and O–H groups in total. The molecule has 0 amide bonds. The molecule has 0 radical (unpaired) electrons. The lowest BCUT2D eigenvalue weighted by Gasteiger charge is -2.38. The lowest BCUT2D eigenvalue weighted by Crippen LogP contribution is -2.30. The molecule has 0 saturated carbocycles. The van der Waals surface area contributed by atoms with Crippen LogP contribution in [0.5, 0.6) is 0 Å². The first-order valence-electron chi connectivity index (χ1n) is 8.01. The summed E-state index contributed by atoms with van der Waals surface area (Å²) in [5, 5.41) is 13.1. The zero-order chi connectivity index (χ0) is 16.0. The Morgan fingerprint density at radius 1 is 1.17 bits per heavy atom. The highest BCUT2D eigenvalue weighted by atomic mass is 16.4. The monoisotopic (exact) mass is 305 g/mol. The molecule has 0 aromatic heterocycles. The van der Waals surface area contributed by atoms with E-state index in [2.05, 4.69) is 42.6 Å². The molecule has 0 saturated heterocycles. The maximum atomic E-state index is 11.6. The van der Waals surface area contributed by atoms with E-state index in [4.69, 9.17) is 0 Å². The van der Waals surface area contributed by atoms with E-state index in [0.717, 1.165) is 17.7 Å². The average Bonchev–Trinajstić information content (AvgIpc) is 3.04. The van der Waals surface area contributed by atoms with Gasteiger partial charge in [-0.05, 0) is 42.5 Å². The third kappa shape index (κ3) is 2.24. The summed E-state index contributed by atoms with van der Waals surface area (Å²) in [5.41, 5.74) is 4.98. The summed E-state index contributed by atoms with van der Waals surface area (Å²) in [7, 11) is 0. The van der Waals surface area contributed by atoms with Crippen molar-refractivity contribution in [1.29, 1.82) is 0 Å². The van der Waals surface area contributed by atoms with Gasteiger partial charge in [-0.25, -0.2) is 4.79 Å². The fourth-order valence-electron chi connectivity index (χ4n) is 3.98. The number of benzene rings is 2. The molecule has 2 aliphatic rings. The first-order valence-corrected chi connectivity index (χ1v) is 8.01. The van der Waals surface area contributed by atoms with Crippen LogP contribution < -0.4 is 5.32 Å². The molecule has 23 heavy (non-hydrogen) atoms. The molecule has 1 aliphatic heterocycles. The second kappa shape index (κ2) is 5.27. The quantitative estimate of drug-likeness (QED) is 0.802. The number of aryl methyl sites for hydroxylation is 1. The van der Waals surface area contributed by atoms with E-state index >= 15 is 0 Å². The topological polar surface area (TPSA) is 49.3 Å². The van der Waals surface area contributed by atoms with Crippen LogP contribution in [0.2, 0.25) is 0 Å². The van der Waals surface area contributed by atoms with Crippen molar-refractivity contribution in [2.75, 3.05) is 5.32 Å². The van der Waals surface area contributed by atoms with Crippen LogP contribution in [-0.4, -0.2) is 11.1 Å². The predicted molar refractivity (Wildman–Crippen MR) is 90.9 cm³/mol. The van der Waals surface area contributed by atoms with E-state index < -0.39 is 5.97 Å². The molecule has 3 nitrogen and oxygen atoms in total. The van der Waals surface area contributed by atoms with Crippen molar-refractivity contribution < 1.29 is 9.90 Å². The first-order chi connectivity index (χ1) is 11.1. The molecule has 0 unspecified atom stereocenters. The van der Waals surface area contributed by atoms with E-state index in [-0.39, 0.29) is 6.04 Å². The Bertz CT molecular complexity index is 809. The van der Waals surface area contributed by atoms with Crippen LogP contribution in [0.3, 0.4) is 0 Å². The van der Waals surface area contributed by atoms with Gasteiger partial charge in [0.25, 0.3) is 0 Å². The summed E-state index contributed by atoms with van der Waals surface area (Å²) in [5.74, 6) is -0.137. The van der Waals surface area contributed by atoms with Gasteiger partial charge < -0.3 is 10.4 Å². The maximum absolute atomic E-state index is 11.6. The van der Waals surface area contributed by atoms with Crippen LogP contribution in [0.15, 0.2) is 54.6 Å². The molecule has 0 fully saturated rings. The fourth-order valence-corrected chi connectivity index (χ4v) is 3.98. The van der Waals surface area contributed by atoms with Gasteiger partial charge in [0.2, 0.25) is 0 Å². The van der Waals surface area contributed by atoms with E-state index in [1.165, 1.54) is 11.1 Å². The van der Waals surface area contributed by atoms with Gasteiger partial charge in [-0.15, -0.1) is 0 Å². The number of carboxylic acids is 1. The van der Waals surface area contributed by atoms with Crippen LogP contribution in [0.4, 0.5) is 5.69 Å². The minimum atomic E-state index is -0.861. The first kappa shape index (κ1) is 14.1. The molecule has 116 valence electrons. The normalized spacial score (nSPS) is 24.7. The van der Waals surface area contributed by atoms with Crippen molar-refractivity contribution in [2.45, 2.75) is 25.3 Å². The average molecular weight is 305 g/mol. The van der Waals surface area contributed by atoms with Gasteiger partial charge in [-0.3, -0.25) is 0 Å². The molecule has 2 aromatic carbocycles. The Morgan fingerprint density at radius 3 is 2.83 bits per heavy atom. The lowest BCUT2D eigenvalue weighted by atomic mass is 9.76. The summed E-state index contributed by atoms with van der Waals surface area (Å²) in [6.45, 7) is 2.11. The highest BCUT2D eigenvalue weighted by Gasteiger charge is 2.39. The van der Waals surface area contributed by atoms with Crippen LogP contribution in [0.25, 0.3) is 0 Å². The Kier molecular flexibility index (Phi) is 3.22. The van der Waals surface area contributed by atoms with Gasteiger partial charge in [-0.1, -0.05) is 48.0 Å². The highest BCUT2D eigenvalue weighted by molar-refractivity contribution is 5.89. The second-order valence-electron chi connectivity index (χ2n) is 6.46. The minimum absolute atomic E-state index is 0.0255. The van der Waals surface area contributed by atoms with Crippen molar-refractivity contribution in [3.63, 3.8) is 0 Å². The number of fused-ring (bicyclic) bond motifs is 3. The number of hydrogen-bond acceptors (Lipinski definition) is 2. The number of rotatable bonds is 2. The Balaban J connectivity index is 1.83. The molecule has 0 spiro atoms. The van der Waals surface area contributed by atoms with Crippen molar-refractivity contribution in [1.82, 2.24) is 0 Å². The molecule has 1 heterocycles. The number of hydrogen-bond donors (Lipinski definition) is 2. The Morgan fingerprint density at radius 2 is 2.00 bits per heavy atom. The molecule has 2 aromatic rings. The Labute approximate surface area is 135 Å². The van der Waals surface area contributed by atoms with Crippen molar-refractivity contribution >= 4 is 11.7 Å². The molecule has 1 aliphatic carbocycles. The molecular weight excluding hydrogens is 286 g/mol. The summed E-state index contributed by atoms with van der Waals surface area (Å²) < 4.78 is 0. The summed E-state index contributed by atoms with van der Waals surface area (Å²) in [6.07, 6.45) is 5.48. The van der Waals surface area contributed by atoms with Gasteiger partial charge in [0.05, 0.1) is 11.6 Å². The fraction of sp³-hybridized carbons (Fsp3) is 0.250. The molecular formula is C20H19NO2. The number of anilines is 1. The van der Waals surface area contributed by atoms with Crippen LogP contribution in [0, 0.1) is 12.8 Å². The van der Waals surface area contributed by atoms with Crippen molar-refractivity contribution in [3.05, 3.63) is 76.9 Å². The number of nitrogens with one attached hydrogen (secondary N) is 1. The summed E-state index contributed by atoms with van der Waals surface area (Å²) >= 11 is 0. The molecule has 4 rings (SSSR count). The Hall–Kier alpha value is -2.55. The largest absolute Gasteiger partial charge is 0.478 e. The summed E-state index contributed by atoms with van der Waals surface area (Å²) in [4.78, 5) is 11.6. The molecule has 0 bridgehead atoms. The van der Waals surface area contributed by atoms with Gasteiger partial charge in [0.1, 0.15) is 0 Å². The van der Waals surface area contributed by atoms with Crippen molar-refractivity contribution in [2.24, 2.45) is 5.92 Å². The predicted octanol–water partition coefficient (Wildman–Crippen LogP) is 4.52. The smallest absolute Gasteiger partial charge is 0.336 e. The van der Waals surface area contributed by atoms with E-state index in [1.807, 2.05) is 12.1 Å². The van der Waals surface area contributed by atoms with E-state index in [1.54, 1.807) is 12.1 Å². The second-order valence-corrected chi connectivity index (χ2v) is 6.46. The zero-order valence-corrected chi connectivity index (χ0v) is 13.0. The van der Waals surface area contributed by atoms with Gasteiger partial charge in [0.15, 0.2) is 0 Å². The van der Waals surface area contributed by atoms with Gasteiger partial charge in [-0.2, -0.15) is 0 Å². The molecule has 3 atom stereocenters. The lowest BCUT2D eigenvalue weighted by molar-refractivity contribution is 0.0694. The standard InChI is InChI=1S/C20H19NO2/c1-12-9-10-18-17(11-12)13-7-4-8-14(13)19(21-18)15-5-2-3-6-16(15)20(22)23/h2-7,9-11,13-14,19,21H,8H2,1H3,(H,22,23)/t13-,14+,19-/m1/s1. The van der Waals surface area contributed by atoms with Gasteiger partial charge >= 0.3 is 5.97 Å². The highest BCUT2D eigenvalue weighted by Crippen LogP contribution is 2.50. The third-order valence-electron chi connectivity index (χ3n) is 5.04. The maximum Gasteiger partial charge on any atom is 0.336 e. The van der Waals surface area contributed by atoms with E-state index in [0.29, 0.717) is 17.4 Å². The number of carbonyl (C=O) groups is 1. The zero-order valence-electron chi connectivity index (χ0n) is 13.0. The van der Waals surface area contributed by atoms with Crippen molar-refractivity contribution in [3.8, 4) is 0 Å². The molecule has 3 heteroatoms. The SMILES string of the molecule is Cc1ccc2c(c1)[C@@H]1C=CC[C@@H]1[C@H](c1ccccc1C(=O)O)N2.